The molecular weight excluding hydrogens is 312 g/mol. The van der Waals surface area contributed by atoms with Crippen LogP contribution in [-0.2, 0) is 4.74 Å². The molecule has 0 saturated heterocycles. The third kappa shape index (κ3) is 2.68. The van der Waals surface area contributed by atoms with Gasteiger partial charge in [-0.25, -0.2) is 4.79 Å². The maximum absolute atomic E-state index is 11.9. The maximum Gasteiger partial charge on any atom is 0.356 e. The fourth-order valence-electron chi connectivity index (χ4n) is 2.04. The molecule has 24 heavy (non-hydrogen) atoms. The number of rotatable bonds is 4. The van der Waals surface area contributed by atoms with Gasteiger partial charge in [0, 0.05) is 0 Å². The molecule has 0 unspecified atom stereocenters. The normalized spacial score (nSPS) is 9.29. The summed E-state index contributed by atoms with van der Waals surface area (Å²) in [5, 5.41) is 36.5. The Hall–Kier alpha value is -4.03. The third-order valence-corrected chi connectivity index (χ3v) is 3.12. The Morgan fingerprint density at radius 1 is 1.21 bits per heavy atom. The van der Waals surface area contributed by atoms with Crippen LogP contribution in [-0.4, -0.2) is 30.4 Å². The lowest BCUT2D eigenvalue weighted by molar-refractivity contribution is 0.0596. The average molecular weight is 322 g/mol. The minimum absolute atomic E-state index is 0.0432. The van der Waals surface area contributed by atoms with E-state index in [4.69, 9.17) is 25.3 Å². The van der Waals surface area contributed by atoms with Crippen LogP contribution in [0.2, 0.25) is 0 Å². The number of esters is 1. The van der Waals surface area contributed by atoms with Crippen molar-refractivity contribution in [2.24, 2.45) is 0 Å². The molecule has 0 amide bonds. The predicted molar refractivity (Wildman–Crippen MR) is 81.5 cm³/mol. The van der Waals surface area contributed by atoms with E-state index in [0.29, 0.717) is 22.3 Å². The van der Waals surface area contributed by atoms with E-state index in [9.17, 15) is 4.79 Å². The van der Waals surface area contributed by atoms with E-state index in [1.807, 2.05) is 0 Å². The fourth-order valence-corrected chi connectivity index (χ4v) is 2.04. The number of carbonyl (C=O) groups excluding carboxylic acids is 1. The SMILES string of the molecule is COC(=O)c1[nH]nc2c(OC)ccc(NC(C#N)=C(C#N)C#N)c12. The van der Waals surface area contributed by atoms with Crippen molar-refractivity contribution in [2.75, 3.05) is 19.5 Å². The number of hydrogen-bond acceptors (Lipinski definition) is 8. The lowest BCUT2D eigenvalue weighted by Gasteiger charge is -2.09. The number of methoxy groups -OCH3 is 2. The number of carbonyl (C=O) groups is 1. The van der Waals surface area contributed by atoms with E-state index in [1.54, 1.807) is 24.3 Å². The number of allylic oxidation sites excluding steroid dienone is 2. The number of benzene rings is 1. The van der Waals surface area contributed by atoms with Gasteiger partial charge in [0.2, 0.25) is 0 Å². The van der Waals surface area contributed by atoms with Crippen LogP contribution in [0.5, 0.6) is 5.75 Å². The largest absolute Gasteiger partial charge is 0.494 e. The van der Waals surface area contributed by atoms with E-state index in [-0.39, 0.29) is 17.0 Å². The molecule has 0 aliphatic carbocycles. The molecule has 1 aromatic heterocycles. The highest BCUT2D eigenvalue weighted by Crippen LogP contribution is 2.33. The topological polar surface area (TPSA) is 148 Å². The number of nitriles is 3. The van der Waals surface area contributed by atoms with E-state index in [0.717, 1.165) is 0 Å². The van der Waals surface area contributed by atoms with Crippen molar-refractivity contribution in [3.8, 4) is 24.0 Å². The minimum atomic E-state index is -0.669. The Balaban J connectivity index is 2.72. The third-order valence-electron chi connectivity index (χ3n) is 3.12. The van der Waals surface area contributed by atoms with Crippen LogP contribution < -0.4 is 10.1 Å². The van der Waals surface area contributed by atoms with Gasteiger partial charge in [-0.05, 0) is 12.1 Å². The van der Waals surface area contributed by atoms with Gasteiger partial charge in [-0.1, -0.05) is 0 Å². The summed E-state index contributed by atoms with van der Waals surface area (Å²) < 4.78 is 9.88. The standard InChI is InChI=1S/C15H10N6O3/c1-23-11-4-3-9(19-10(7-18)8(5-16)6-17)12-13(11)20-21-14(12)15(22)24-2/h3-4,19H,1-2H3,(H,20,21). The summed E-state index contributed by atoms with van der Waals surface area (Å²) in [6.07, 6.45) is 0. The van der Waals surface area contributed by atoms with E-state index in [1.165, 1.54) is 20.3 Å². The van der Waals surface area contributed by atoms with Crippen LogP contribution in [0.25, 0.3) is 10.9 Å². The molecule has 0 atom stereocenters. The quantitative estimate of drug-likeness (QED) is 0.637. The number of nitrogens with zero attached hydrogens (tertiary/aromatic N) is 4. The lowest BCUT2D eigenvalue weighted by atomic mass is 10.1. The molecule has 1 heterocycles. The number of aromatic nitrogens is 2. The number of ether oxygens (including phenoxy) is 2. The van der Waals surface area contributed by atoms with Gasteiger partial charge in [0.1, 0.15) is 35.2 Å². The first-order valence-electron chi connectivity index (χ1n) is 6.46. The van der Waals surface area contributed by atoms with E-state index < -0.39 is 5.97 Å². The highest BCUT2D eigenvalue weighted by atomic mass is 16.5. The van der Waals surface area contributed by atoms with Crippen LogP contribution in [0, 0.1) is 34.0 Å². The van der Waals surface area contributed by atoms with Crippen molar-refractivity contribution < 1.29 is 14.3 Å². The Kier molecular flexibility index (Phi) is 4.64. The molecule has 0 aliphatic heterocycles. The highest BCUT2D eigenvalue weighted by Gasteiger charge is 2.21. The van der Waals surface area contributed by atoms with Crippen molar-refractivity contribution in [3.05, 3.63) is 29.1 Å². The fraction of sp³-hybridized carbons (Fsp3) is 0.133. The zero-order valence-corrected chi connectivity index (χ0v) is 12.7. The molecule has 0 bridgehead atoms. The number of hydrogen-bond donors (Lipinski definition) is 2. The minimum Gasteiger partial charge on any atom is -0.494 e. The summed E-state index contributed by atoms with van der Waals surface area (Å²) >= 11 is 0. The molecule has 9 nitrogen and oxygen atoms in total. The molecule has 0 aliphatic rings. The van der Waals surface area contributed by atoms with Gasteiger partial charge in [0.05, 0.1) is 25.3 Å². The van der Waals surface area contributed by atoms with Crippen molar-refractivity contribution in [3.63, 3.8) is 0 Å². The van der Waals surface area contributed by atoms with E-state index in [2.05, 4.69) is 15.5 Å². The van der Waals surface area contributed by atoms with Crippen molar-refractivity contribution in [1.29, 1.82) is 15.8 Å². The Bertz CT molecular complexity index is 952. The summed E-state index contributed by atoms with van der Waals surface area (Å²) in [4.78, 5) is 11.9. The first kappa shape index (κ1) is 16.3. The Morgan fingerprint density at radius 2 is 1.92 bits per heavy atom. The maximum atomic E-state index is 11.9. The predicted octanol–water partition coefficient (Wildman–Crippen LogP) is 1.59. The molecule has 118 valence electrons. The molecule has 1 aromatic carbocycles. The first-order chi connectivity index (χ1) is 11.6. The summed E-state index contributed by atoms with van der Waals surface area (Å²) in [6, 6.07) is 8.11. The van der Waals surface area contributed by atoms with Gasteiger partial charge in [0.25, 0.3) is 0 Å². The summed E-state index contributed by atoms with van der Waals surface area (Å²) in [5.41, 5.74) is 0.0323. The average Bonchev–Trinajstić information content (AvgIpc) is 3.06. The van der Waals surface area contributed by atoms with Gasteiger partial charge in [-0.15, -0.1) is 0 Å². The van der Waals surface area contributed by atoms with Crippen LogP contribution in [0.1, 0.15) is 10.5 Å². The van der Waals surface area contributed by atoms with Gasteiger partial charge in [0.15, 0.2) is 11.3 Å². The first-order valence-corrected chi connectivity index (χ1v) is 6.46. The van der Waals surface area contributed by atoms with Crippen LogP contribution in [0.4, 0.5) is 5.69 Å². The zero-order chi connectivity index (χ0) is 17.7. The Morgan fingerprint density at radius 3 is 2.46 bits per heavy atom. The molecule has 2 rings (SSSR count). The second-order valence-corrected chi connectivity index (χ2v) is 4.34. The molecule has 2 aromatic rings. The molecule has 0 radical (unpaired) electrons. The second-order valence-electron chi connectivity index (χ2n) is 4.34. The van der Waals surface area contributed by atoms with Crippen molar-refractivity contribution >= 4 is 22.6 Å². The zero-order valence-electron chi connectivity index (χ0n) is 12.7. The van der Waals surface area contributed by atoms with Gasteiger partial charge in [-0.3, -0.25) is 5.10 Å². The molecule has 0 saturated carbocycles. The molecule has 0 fully saturated rings. The van der Waals surface area contributed by atoms with Gasteiger partial charge < -0.3 is 14.8 Å². The smallest absolute Gasteiger partial charge is 0.356 e. The van der Waals surface area contributed by atoms with Crippen molar-refractivity contribution in [2.45, 2.75) is 0 Å². The van der Waals surface area contributed by atoms with Gasteiger partial charge >= 0.3 is 5.97 Å². The molecule has 2 N–H and O–H groups in total. The number of H-pyrrole nitrogens is 1. The summed E-state index contributed by atoms with van der Waals surface area (Å²) in [5.74, 6) is -0.276. The van der Waals surface area contributed by atoms with Gasteiger partial charge in [-0.2, -0.15) is 20.9 Å². The molecule has 0 spiro atoms. The second kappa shape index (κ2) is 6.82. The molecule has 9 heteroatoms. The summed E-state index contributed by atoms with van der Waals surface area (Å²) in [6.45, 7) is 0. The summed E-state index contributed by atoms with van der Waals surface area (Å²) in [7, 11) is 2.66. The van der Waals surface area contributed by atoms with Crippen LogP contribution in [0.15, 0.2) is 23.4 Å². The molecular formula is C15H10N6O3. The number of nitrogens with one attached hydrogen (secondary N) is 2. The number of anilines is 1. The monoisotopic (exact) mass is 322 g/mol. The Labute approximate surface area is 136 Å². The number of aromatic amines is 1. The van der Waals surface area contributed by atoms with Crippen molar-refractivity contribution in [1.82, 2.24) is 10.2 Å². The lowest BCUT2D eigenvalue weighted by Crippen LogP contribution is -2.05. The highest BCUT2D eigenvalue weighted by molar-refractivity contribution is 6.09. The number of fused-ring (bicyclic) bond motifs is 1. The van der Waals surface area contributed by atoms with Crippen LogP contribution in [0.3, 0.4) is 0 Å². The van der Waals surface area contributed by atoms with E-state index >= 15 is 0 Å². The van der Waals surface area contributed by atoms with Crippen LogP contribution >= 0.6 is 0 Å².